The fourth-order valence-electron chi connectivity index (χ4n) is 3.05. The zero-order valence-electron chi connectivity index (χ0n) is 10.3. The molecular formula is C13H19N3O. The predicted molar refractivity (Wildman–Crippen MR) is 67.5 cm³/mol. The van der Waals surface area contributed by atoms with E-state index in [1.807, 2.05) is 0 Å². The maximum Gasteiger partial charge on any atom is 0.292 e. The molecule has 1 aliphatic carbocycles. The maximum atomic E-state index is 5.65. The van der Waals surface area contributed by atoms with E-state index in [9.17, 15) is 0 Å². The predicted octanol–water partition coefficient (Wildman–Crippen LogP) is 2.07. The molecule has 0 bridgehead atoms. The van der Waals surface area contributed by atoms with Crippen LogP contribution >= 0.6 is 0 Å². The second-order valence-electron chi connectivity index (χ2n) is 4.86. The lowest BCUT2D eigenvalue weighted by Gasteiger charge is -2.38. The lowest BCUT2D eigenvalue weighted by atomic mass is 9.87. The molecule has 0 aromatic carbocycles. The lowest BCUT2D eigenvalue weighted by molar-refractivity contribution is 0.216. The van der Waals surface area contributed by atoms with Gasteiger partial charge in [-0.25, -0.2) is 0 Å². The van der Waals surface area contributed by atoms with Gasteiger partial charge in [-0.05, 0) is 31.4 Å². The van der Waals surface area contributed by atoms with E-state index in [0.29, 0.717) is 12.1 Å². The normalized spacial score (nSPS) is 24.1. The van der Waals surface area contributed by atoms with Gasteiger partial charge >= 0.3 is 0 Å². The summed E-state index contributed by atoms with van der Waals surface area (Å²) in [6.07, 6.45) is 6.72. The number of fused-ring (bicyclic) bond motifs is 3. The molecule has 1 atom stereocenters. The molecule has 0 spiro atoms. The van der Waals surface area contributed by atoms with Gasteiger partial charge in [0.2, 0.25) is 0 Å². The Balaban J connectivity index is 1.95. The third kappa shape index (κ3) is 1.76. The molecule has 0 saturated carbocycles. The number of anilines is 1. The summed E-state index contributed by atoms with van der Waals surface area (Å²) in [4.78, 5) is 6.92. The summed E-state index contributed by atoms with van der Waals surface area (Å²) in [5, 5.41) is 0. The van der Waals surface area contributed by atoms with E-state index in [0.717, 1.165) is 30.7 Å². The van der Waals surface area contributed by atoms with Crippen molar-refractivity contribution >= 4 is 11.6 Å². The third-order valence-electron chi connectivity index (χ3n) is 3.72. The Morgan fingerprint density at radius 1 is 1.59 bits per heavy atom. The van der Waals surface area contributed by atoms with Gasteiger partial charge in [0.1, 0.15) is 11.5 Å². The smallest absolute Gasteiger partial charge is 0.292 e. The van der Waals surface area contributed by atoms with Crippen LogP contribution < -0.4 is 5.73 Å². The fourth-order valence-corrected chi connectivity index (χ4v) is 3.05. The summed E-state index contributed by atoms with van der Waals surface area (Å²) >= 11 is 0. The van der Waals surface area contributed by atoms with E-state index < -0.39 is 0 Å². The van der Waals surface area contributed by atoms with Crippen molar-refractivity contribution in [2.45, 2.75) is 38.6 Å². The number of aromatic nitrogens is 1. The van der Waals surface area contributed by atoms with E-state index in [2.05, 4.69) is 22.9 Å². The standard InChI is InChI=1S/C13H19N3O/c1-2-7-16-8-3-4-9-10(16)5-6-11-12(9)15-13(14)17-11/h4,10H,2-3,5-8H2,1H3,(H2,14,15). The van der Waals surface area contributed by atoms with Gasteiger partial charge in [-0.2, -0.15) is 4.98 Å². The Kier molecular flexibility index (Phi) is 2.67. The first kappa shape index (κ1) is 10.8. The SMILES string of the molecule is CCCN1CCC=C2c3nc(N)oc3CCC21. The molecule has 2 heterocycles. The monoisotopic (exact) mass is 233 g/mol. The highest BCUT2D eigenvalue weighted by atomic mass is 16.4. The molecule has 17 heavy (non-hydrogen) atoms. The van der Waals surface area contributed by atoms with Crippen molar-refractivity contribution in [3.05, 3.63) is 17.5 Å². The van der Waals surface area contributed by atoms with Gasteiger partial charge in [0.25, 0.3) is 6.01 Å². The van der Waals surface area contributed by atoms with Crippen molar-refractivity contribution in [1.29, 1.82) is 0 Å². The van der Waals surface area contributed by atoms with Gasteiger partial charge in [0.05, 0.1) is 0 Å². The number of hydrogen-bond acceptors (Lipinski definition) is 4. The lowest BCUT2D eigenvalue weighted by Crippen LogP contribution is -2.41. The Bertz CT molecular complexity index is 450. The van der Waals surface area contributed by atoms with Gasteiger partial charge in [-0.3, -0.25) is 4.90 Å². The van der Waals surface area contributed by atoms with Crippen LogP contribution in [0.4, 0.5) is 6.01 Å². The molecular weight excluding hydrogens is 214 g/mol. The molecule has 1 aromatic rings. The van der Waals surface area contributed by atoms with Crippen molar-refractivity contribution in [1.82, 2.24) is 9.88 Å². The quantitative estimate of drug-likeness (QED) is 0.849. The van der Waals surface area contributed by atoms with Crippen molar-refractivity contribution < 1.29 is 4.42 Å². The topological polar surface area (TPSA) is 55.3 Å². The van der Waals surface area contributed by atoms with E-state index in [1.54, 1.807) is 0 Å². The average Bonchev–Trinajstić information content (AvgIpc) is 2.70. The van der Waals surface area contributed by atoms with Crippen LogP contribution in [0.15, 0.2) is 10.5 Å². The molecule has 1 aliphatic heterocycles. The van der Waals surface area contributed by atoms with Crippen LogP contribution in [0.1, 0.15) is 37.6 Å². The van der Waals surface area contributed by atoms with Crippen LogP contribution in [0, 0.1) is 0 Å². The van der Waals surface area contributed by atoms with Crippen molar-refractivity contribution in [3.63, 3.8) is 0 Å². The van der Waals surface area contributed by atoms with Crippen molar-refractivity contribution in [3.8, 4) is 0 Å². The van der Waals surface area contributed by atoms with Gasteiger partial charge < -0.3 is 10.2 Å². The molecule has 0 saturated heterocycles. The van der Waals surface area contributed by atoms with Gasteiger partial charge in [-0.15, -0.1) is 0 Å². The molecule has 0 amide bonds. The third-order valence-corrected chi connectivity index (χ3v) is 3.72. The van der Waals surface area contributed by atoms with Crippen LogP contribution in [-0.4, -0.2) is 29.0 Å². The maximum absolute atomic E-state index is 5.65. The van der Waals surface area contributed by atoms with Gasteiger partial charge in [-0.1, -0.05) is 13.0 Å². The number of hydrogen-bond donors (Lipinski definition) is 1. The summed E-state index contributed by atoms with van der Waals surface area (Å²) in [6, 6.07) is 0.838. The molecule has 2 aliphatic rings. The number of rotatable bonds is 2. The first-order valence-electron chi connectivity index (χ1n) is 6.49. The number of nitrogens with two attached hydrogens (primary N) is 1. The Labute approximate surface area is 101 Å². The van der Waals surface area contributed by atoms with Crippen LogP contribution in [0.2, 0.25) is 0 Å². The number of nitrogen functional groups attached to an aromatic ring is 1. The zero-order valence-corrected chi connectivity index (χ0v) is 10.3. The van der Waals surface area contributed by atoms with Crippen molar-refractivity contribution in [2.24, 2.45) is 0 Å². The summed E-state index contributed by atoms with van der Waals surface area (Å²) < 4.78 is 5.46. The minimum atomic E-state index is 0.309. The molecule has 1 unspecified atom stereocenters. The largest absolute Gasteiger partial charge is 0.428 e. The zero-order chi connectivity index (χ0) is 11.8. The van der Waals surface area contributed by atoms with Crippen LogP contribution in [0.5, 0.6) is 0 Å². The summed E-state index contributed by atoms with van der Waals surface area (Å²) in [5.74, 6) is 0.975. The molecule has 0 radical (unpaired) electrons. The molecule has 92 valence electrons. The molecule has 4 heteroatoms. The van der Waals surface area contributed by atoms with E-state index in [4.69, 9.17) is 10.2 Å². The van der Waals surface area contributed by atoms with Crippen LogP contribution in [0.25, 0.3) is 5.57 Å². The van der Waals surface area contributed by atoms with E-state index in [-0.39, 0.29) is 0 Å². The number of oxazole rings is 1. The minimum Gasteiger partial charge on any atom is -0.428 e. The summed E-state index contributed by atoms with van der Waals surface area (Å²) in [6.45, 7) is 4.58. The number of aryl methyl sites for hydroxylation is 1. The second-order valence-corrected chi connectivity index (χ2v) is 4.86. The van der Waals surface area contributed by atoms with Gasteiger partial charge in [0, 0.05) is 19.0 Å². The molecule has 4 nitrogen and oxygen atoms in total. The van der Waals surface area contributed by atoms with E-state index >= 15 is 0 Å². The minimum absolute atomic E-state index is 0.309. The molecule has 0 fully saturated rings. The fraction of sp³-hybridized carbons (Fsp3) is 0.615. The number of nitrogens with zero attached hydrogens (tertiary/aromatic N) is 2. The highest BCUT2D eigenvalue weighted by Gasteiger charge is 2.33. The van der Waals surface area contributed by atoms with Crippen molar-refractivity contribution in [2.75, 3.05) is 18.8 Å². The first-order chi connectivity index (χ1) is 8.29. The van der Waals surface area contributed by atoms with Gasteiger partial charge in [0.15, 0.2) is 0 Å². The highest BCUT2D eigenvalue weighted by molar-refractivity contribution is 5.71. The summed E-state index contributed by atoms with van der Waals surface area (Å²) in [5.41, 5.74) is 8.01. The Hall–Kier alpha value is -1.29. The molecule has 1 aromatic heterocycles. The summed E-state index contributed by atoms with van der Waals surface area (Å²) in [7, 11) is 0. The Morgan fingerprint density at radius 3 is 3.29 bits per heavy atom. The average molecular weight is 233 g/mol. The molecule has 3 rings (SSSR count). The highest BCUT2D eigenvalue weighted by Crippen LogP contribution is 2.37. The Morgan fingerprint density at radius 2 is 2.47 bits per heavy atom. The first-order valence-corrected chi connectivity index (χ1v) is 6.49. The van der Waals surface area contributed by atoms with Crippen LogP contribution in [0.3, 0.4) is 0 Å². The van der Waals surface area contributed by atoms with Crippen LogP contribution in [-0.2, 0) is 6.42 Å². The second kappa shape index (κ2) is 4.18. The molecule has 2 N–H and O–H groups in total. The van der Waals surface area contributed by atoms with E-state index in [1.165, 1.54) is 25.1 Å².